The van der Waals surface area contributed by atoms with Crippen LogP contribution in [0.1, 0.15) is 63.1 Å². The quantitative estimate of drug-likeness (QED) is 0.826. The van der Waals surface area contributed by atoms with Crippen molar-refractivity contribution in [1.29, 1.82) is 0 Å². The van der Waals surface area contributed by atoms with Crippen molar-refractivity contribution in [2.75, 3.05) is 0 Å². The average Bonchev–Trinajstić information content (AvgIpc) is 3.29. The van der Waals surface area contributed by atoms with Crippen LogP contribution in [0.5, 0.6) is 0 Å². The summed E-state index contributed by atoms with van der Waals surface area (Å²) in [6.07, 6.45) is 3.44. The maximum absolute atomic E-state index is 14.3. The van der Waals surface area contributed by atoms with E-state index in [0.717, 1.165) is 36.9 Å². The van der Waals surface area contributed by atoms with Crippen molar-refractivity contribution in [2.45, 2.75) is 63.1 Å². The van der Waals surface area contributed by atoms with Gasteiger partial charge in [0.1, 0.15) is 17.2 Å². The molecule has 0 aliphatic heterocycles. The van der Waals surface area contributed by atoms with Crippen LogP contribution in [-0.2, 0) is 15.1 Å². The van der Waals surface area contributed by atoms with Gasteiger partial charge in [-0.1, -0.05) is 19.9 Å². The zero-order valence-electron chi connectivity index (χ0n) is 16.5. The van der Waals surface area contributed by atoms with Gasteiger partial charge in [-0.25, -0.2) is 8.78 Å². The SMILES string of the molecule is CC1(C)[C@H]2CC[C@]1(OC1(CC(N)=O)CC1)c1nnc(-c3c(F)cccc3F)cc12. The highest BCUT2D eigenvalue weighted by atomic mass is 19.1. The molecule has 2 fully saturated rings. The summed E-state index contributed by atoms with van der Waals surface area (Å²) in [6, 6.07) is 5.52. The lowest BCUT2D eigenvalue weighted by atomic mass is 9.77. The second-order valence-corrected chi connectivity index (χ2v) is 9.20. The van der Waals surface area contributed by atoms with Gasteiger partial charge in [-0.2, -0.15) is 5.10 Å². The average molecular weight is 399 g/mol. The molecule has 0 radical (unpaired) electrons. The molecule has 2 atom stereocenters. The van der Waals surface area contributed by atoms with E-state index >= 15 is 0 Å². The molecular weight excluding hydrogens is 376 g/mol. The summed E-state index contributed by atoms with van der Waals surface area (Å²) in [7, 11) is 0. The van der Waals surface area contributed by atoms with Gasteiger partial charge >= 0.3 is 0 Å². The van der Waals surface area contributed by atoms with Crippen LogP contribution in [0.15, 0.2) is 24.3 Å². The molecule has 0 spiro atoms. The minimum atomic E-state index is -0.668. The van der Waals surface area contributed by atoms with E-state index in [4.69, 9.17) is 10.5 Å². The monoisotopic (exact) mass is 399 g/mol. The Morgan fingerprint density at radius 1 is 1.21 bits per heavy atom. The number of nitrogens with two attached hydrogens (primary N) is 1. The fourth-order valence-corrected chi connectivity index (χ4v) is 5.50. The van der Waals surface area contributed by atoms with Gasteiger partial charge in [0, 0.05) is 5.41 Å². The fraction of sp³-hybridized carbons (Fsp3) is 0.500. The molecule has 29 heavy (non-hydrogen) atoms. The van der Waals surface area contributed by atoms with E-state index < -0.39 is 22.8 Å². The number of ether oxygens (including phenoxy) is 1. The molecule has 1 heterocycles. The molecule has 2 saturated carbocycles. The first-order valence-electron chi connectivity index (χ1n) is 10.0. The van der Waals surface area contributed by atoms with Crippen LogP contribution in [0.25, 0.3) is 11.3 Å². The van der Waals surface area contributed by atoms with Crippen molar-refractivity contribution in [1.82, 2.24) is 10.2 Å². The number of amides is 1. The number of halogens is 2. The first-order valence-corrected chi connectivity index (χ1v) is 10.0. The Morgan fingerprint density at radius 2 is 1.90 bits per heavy atom. The van der Waals surface area contributed by atoms with Crippen LogP contribution < -0.4 is 5.73 Å². The van der Waals surface area contributed by atoms with E-state index in [1.165, 1.54) is 18.2 Å². The molecule has 2 bridgehead atoms. The molecule has 1 aromatic carbocycles. The Labute approximate surface area is 167 Å². The van der Waals surface area contributed by atoms with E-state index in [-0.39, 0.29) is 34.9 Å². The normalized spacial score (nSPS) is 27.7. The van der Waals surface area contributed by atoms with Crippen LogP contribution in [0, 0.1) is 17.0 Å². The van der Waals surface area contributed by atoms with E-state index in [0.29, 0.717) is 0 Å². The summed E-state index contributed by atoms with van der Waals surface area (Å²) in [5, 5.41) is 8.62. The maximum atomic E-state index is 14.3. The molecule has 152 valence electrons. The van der Waals surface area contributed by atoms with Crippen LogP contribution in [0.3, 0.4) is 0 Å². The highest BCUT2D eigenvalue weighted by Crippen LogP contribution is 2.70. The number of rotatable bonds is 5. The maximum Gasteiger partial charge on any atom is 0.220 e. The number of hydrogen-bond acceptors (Lipinski definition) is 4. The first-order chi connectivity index (χ1) is 13.7. The van der Waals surface area contributed by atoms with Gasteiger partial charge in [0.2, 0.25) is 5.91 Å². The smallest absolute Gasteiger partial charge is 0.220 e. The number of aromatic nitrogens is 2. The van der Waals surface area contributed by atoms with Crippen LogP contribution >= 0.6 is 0 Å². The Hall–Kier alpha value is -2.41. The Kier molecular flexibility index (Phi) is 3.73. The molecule has 0 saturated heterocycles. The van der Waals surface area contributed by atoms with E-state index in [1.807, 2.05) is 0 Å². The fourth-order valence-electron chi connectivity index (χ4n) is 5.50. The number of primary amides is 1. The van der Waals surface area contributed by atoms with Crippen molar-refractivity contribution in [3.63, 3.8) is 0 Å². The Morgan fingerprint density at radius 3 is 2.52 bits per heavy atom. The molecule has 2 N–H and O–H groups in total. The van der Waals surface area contributed by atoms with Gasteiger partial charge < -0.3 is 10.5 Å². The summed E-state index contributed by atoms with van der Waals surface area (Å²) in [6.45, 7) is 4.27. The summed E-state index contributed by atoms with van der Waals surface area (Å²) in [4.78, 5) is 11.5. The largest absolute Gasteiger partial charge is 0.370 e. The standard InChI is InChI=1S/C22H23F2N3O2/c1-20(2)13-6-7-22(20,29-21(8-9-21)11-17(25)28)19-12(13)10-16(26-27-19)18-14(23)4-3-5-15(18)24/h3-5,10,13H,6-9,11H2,1-2H3,(H2,25,28)/t13-,22-/m0/s1. The Balaban J connectivity index is 1.60. The van der Waals surface area contributed by atoms with Gasteiger partial charge in [-0.15, -0.1) is 5.10 Å². The van der Waals surface area contributed by atoms with Gasteiger partial charge in [0.25, 0.3) is 0 Å². The number of carbonyl (C=O) groups excluding carboxylic acids is 1. The lowest BCUT2D eigenvalue weighted by Crippen LogP contribution is -2.43. The van der Waals surface area contributed by atoms with Crippen LogP contribution in [0.4, 0.5) is 8.78 Å². The lowest BCUT2D eigenvalue weighted by Gasteiger charge is -2.40. The highest BCUT2D eigenvalue weighted by molar-refractivity contribution is 5.75. The topological polar surface area (TPSA) is 78.1 Å². The minimum Gasteiger partial charge on any atom is -0.370 e. The van der Waals surface area contributed by atoms with E-state index in [9.17, 15) is 13.6 Å². The van der Waals surface area contributed by atoms with E-state index in [2.05, 4.69) is 24.0 Å². The minimum absolute atomic E-state index is 0.144. The number of nitrogens with zero attached hydrogens (tertiary/aromatic N) is 2. The zero-order chi connectivity index (χ0) is 20.6. The molecule has 3 aliphatic carbocycles. The predicted molar refractivity (Wildman–Crippen MR) is 102 cm³/mol. The zero-order valence-corrected chi connectivity index (χ0v) is 16.5. The van der Waals surface area contributed by atoms with Gasteiger partial charge in [-0.05, 0) is 55.4 Å². The molecule has 5 rings (SSSR count). The van der Waals surface area contributed by atoms with Gasteiger partial charge in [0.15, 0.2) is 0 Å². The number of benzene rings is 1. The first kappa shape index (κ1) is 18.6. The third-order valence-electron chi connectivity index (χ3n) is 7.19. The second kappa shape index (κ2) is 5.81. The molecule has 2 aromatic rings. The summed E-state index contributed by atoms with van der Waals surface area (Å²) in [5.41, 5.74) is 5.67. The van der Waals surface area contributed by atoms with Crippen molar-refractivity contribution in [3.05, 3.63) is 47.2 Å². The molecule has 7 heteroatoms. The summed E-state index contributed by atoms with van der Waals surface area (Å²) < 4.78 is 35.2. The molecular formula is C22H23F2N3O2. The van der Waals surface area contributed by atoms with Crippen molar-refractivity contribution < 1.29 is 18.3 Å². The molecule has 3 aliphatic rings. The van der Waals surface area contributed by atoms with Crippen LogP contribution in [-0.4, -0.2) is 21.7 Å². The highest BCUT2D eigenvalue weighted by Gasteiger charge is 2.68. The number of fused-ring (bicyclic) bond motifs is 5. The van der Waals surface area contributed by atoms with Gasteiger partial charge in [0.05, 0.1) is 29.0 Å². The molecule has 1 amide bonds. The molecule has 5 nitrogen and oxygen atoms in total. The number of hydrogen-bond donors (Lipinski definition) is 1. The third kappa shape index (κ3) is 2.49. The summed E-state index contributed by atoms with van der Waals surface area (Å²) in [5.74, 6) is -1.55. The van der Waals surface area contributed by atoms with E-state index in [1.54, 1.807) is 6.07 Å². The Bertz CT molecular complexity index is 1010. The van der Waals surface area contributed by atoms with Crippen LogP contribution in [0.2, 0.25) is 0 Å². The molecule has 0 unspecified atom stereocenters. The predicted octanol–water partition coefficient (Wildman–Crippen LogP) is 3.96. The number of carbonyl (C=O) groups is 1. The van der Waals surface area contributed by atoms with Crippen molar-refractivity contribution >= 4 is 5.91 Å². The third-order valence-corrected chi connectivity index (χ3v) is 7.19. The van der Waals surface area contributed by atoms with Crippen molar-refractivity contribution in [2.24, 2.45) is 11.1 Å². The summed E-state index contributed by atoms with van der Waals surface area (Å²) >= 11 is 0. The van der Waals surface area contributed by atoms with Crippen molar-refractivity contribution in [3.8, 4) is 11.3 Å². The van der Waals surface area contributed by atoms with Gasteiger partial charge in [-0.3, -0.25) is 4.79 Å². The lowest BCUT2D eigenvalue weighted by molar-refractivity contribution is -0.166. The second-order valence-electron chi connectivity index (χ2n) is 9.20. The molecule has 1 aromatic heterocycles.